The molecule has 0 saturated carbocycles. The van der Waals surface area contributed by atoms with Gasteiger partial charge in [0.15, 0.2) is 5.78 Å². The Balaban J connectivity index is 1.46. The molecule has 4 rings (SSSR count). The minimum absolute atomic E-state index is 0.125. The fraction of sp³-hybridized carbons (Fsp3) is 0.417. The highest BCUT2D eigenvalue weighted by Gasteiger charge is 2.26. The van der Waals surface area contributed by atoms with Gasteiger partial charge in [-0.2, -0.15) is 0 Å². The van der Waals surface area contributed by atoms with Crippen molar-refractivity contribution in [2.45, 2.75) is 25.4 Å². The van der Waals surface area contributed by atoms with Gasteiger partial charge in [-0.3, -0.25) is 14.5 Å². The summed E-state index contributed by atoms with van der Waals surface area (Å²) >= 11 is 0. The van der Waals surface area contributed by atoms with E-state index in [0.717, 1.165) is 45.5 Å². The van der Waals surface area contributed by atoms with Gasteiger partial charge in [-0.25, -0.2) is 4.39 Å². The highest BCUT2D eigenvalue weighted by molar-refractivity contribution is 6.15. The maximum atomic E-state index is 13.3. The highest BCUT2D eigenvalue weighted by atomic mass is 19.1. The van der Waals surface area contributed by atoms with Crippen molar-refractivity contribution in [1.82, 2.24) is 9.80 Å². The predicted molar refractivity (Wildman–Crippen MR) is 112 cm³/mol. The Hall–Kier alpha value is -2.57. The summed E-state index contributed by atoms with van der Waals surface area (Å²) in [5, 5.41) is 0. The standard InChI is InChI=1S/C24H27FN2O3/c25-19-10-8-18(9-11-19)23(28)21-6-1-2-7-22(21)24(29)27-13-4-12-26(14-15-27)17-20-5-3-16-30-20/h1-2,6-11,20H,3-5,12-17H2/t20-/m0/s1. The minimum atomic E-state index is -0.395. The third-order valence-corrected chi connectivity index (χ3v) is 5.87. The molecule has 2 fully saturated rings. The van der Waals surface area contributed by atoms with Crippen LogP contribution >= 0.6 is 0 Å². The van der Waals surface area contributed by atoms with Gasteiger partial charge in [-0.15, -0.1) is 0 Å². The Labute approximate surface area is 176 Å². The van der Waals surface area contributed by atoms with Crippen LogP contribution in [0.25, 0.3) is 0 Å². The second-order valence-corrected chi connectivity index (χ2v) is 7.96. The second-order valence-electron chi connectivity index (χ2n) is 7.96. The lowest BCUT2D eigenvalue weighted by atomic mass is 9.97. The summed E-state index contributed by atoms with van der Waals surface area (Å²) in [5.74, 6) is -0.790. The van der Waals surface area contributed by atoms with Crippen molar-refractivity contribution in [3.8, 4) is 0 Å². The quantitative estimate of drug-likeness (QED) is 0.709. The van der Waals surface area contributed by atoms with Crippen LogP contribution in [-0.4, -0.2) is 66.9 Å². The molecule has 2 aliphatic rings. The molecule has 6 heteroatoms. The molecule has 30 heavy (non-hydrogen) atoms. The molecule has 0 N–H and O–H groups in total. The number of rotatable bonds is 5. The van der Waals surface area contributed by atoms with Crippen molar-refractivity contribution in [2.24, 2.45) is 0 Å². The van der Waals surface area contributed by atoms with Crippen molar-refractivity contribution in [1.29, 1.82) is 0 Å². The number of nitrogens with zero attached hydrogens (tertiary/aromatic N) is 2. The lowest BCUT2D eigenvalue weighted by Gasteiger charge is -2.24. The van der Waals surface area contributed by atoms with Gasteiger partial charge in [-0.1, -0.05) is 18.2 Å². The van der Waals surface area contributed by atoms with Crippen LogP contribution in [0.1, 0.15) is 45.5 Å². The molecule has 2 aliphatic heterocycles. The number of amides is 1. The number of hydrogen-bond acceptors (Lipinski definition) is 4. The summed E-state index contributed by atoms with van der Waals surface area (Å²) in [6.07, 6.45) is 3.44. The van der Waals surface area contributed by atoms with Crippen LogP contribution in [-0.2, 0) is 4.74 Å². The maximum Gasteiger partial charge on any atom is 0.254 e. The zero-order chi connectivity index (χ0) is 20.9. The Morgan fingerprint density at radius 2 is 1.70 bits per heavy atom. The smallest absolute Gasteiger partial charge is 0.254 e. The first-order valence-corrected chi connectivity index (χ1v) is 10.6. The molecule has 5 nitrogen and oxygen atoms in total. The fourth-order valence-corrected chi connectivity index (χ4v) is 4.23. The third kappa shape index (κ3) is 4.77. The van der Waals surface area contributed by atoms with Crippen molar-refractivity contribution < 1.29 is 18.7 Å². The topological polar surface area (TPSA) is 49.9 Å². The molecular weight excluding hydrogens is 383 g/mol. The van der Waals surface area contributed by atoms with E-state index in [0.29, 0.717) is 35.9 Å². The van der Waals surface area contributed by atoms with Crippen LogP contribution in [0.3, 0.4) is 0 Å². The SMILES string of the molecule is O=C(c1ccc(F)cc1)c1ccccc1C(=O)N1CCCN(C[C@@H]2CCCO2)CC1. The molecule has 0 aromatic heterocycles. The van der Waals surface area contributed by atoms with E-state index in [-0.39, 0.29) is 11.7 Å². The van der Waals surface area contributed by atoms with Gasteiger partial charge in [0.25, 0.3) is 5.91 Å². The first-order chi connectivity index (χ1) is 14.6. The molecule has 0 radical (unpaired) electrons. The minimum Gasteiger partial charge on any atom is -0.377 e. The first kappa shape index (κ1) is 20.7. The Morgan fingerprint density at radius 1 is 0.933 bits per heavy atom. The van der Waals surface area contributed by atoms with Gasteiger partial charge in [0.2, 0.25) is 0 Å². The summed E-state index contributed by atoms with van der Waals surface area (Å²) in [7, 11) is 0. The average Bonchev–Trinajstić information content (AvgIpc) is 3.17. The Morgan fingerprint density at radius 3 is 2.43 bits per heavy atom. The molecule has 1 atom stereocenters. The van der Waals surface area contributed by atoms with Crippen molar-refractivity contribution in [2.75, 3.05) is 39.3 Å². The molecule has 2 aromatic rings. The molecule has 0 aliphatic carbocycles. The molecule has 0 unspecified atom stereocenters. The summed E-state index contributed by atoms with van der Waals surface area (Å²) in [6.45, 7) is 4.81. The van der Waals surface area contributed by atoms with E-state index in [2.05, 4.69) is 4.90 Å². The van der Waals surface area contributed by atoms with E-state index < -0.39 is 5.82 Å². The van der Waals surface area contributed by atoms with Gasteiger partial charge in [0.05, 0.1) is 11.7 Å². The van der Waals surface area contributed by atoms with Crippen LogP contribution in [0.15, 0.2) is 48.5 Å². The number of carbonyl (C=O) groups is 2. The van der Waals surface area contributed by atoms with E-state index >= 15 is 0 Å². The molecule has 0 bridgehead atoms. The summed E-state index contributed by atoms with van der Waals surface area (Å²) in [4.78, 5) is 30.5. The molecule has 158 valence electrons. The van der Waals surface area contributed by atoms with Gasteiger partial charge in [-0.05, 0) is 56.1 Å². The van der Waals surface area contributed by atoms with Crippen LogP contribution in [0.4, 0.5) is 4.39 Å². The number of ketones is 1. The first-order valence-electron chi connectivity index (χ1n) is 10.6. The predicted octanol–water partition coefficient (Wildman–Crippen LogP) is 3.38. The lowest BCUT2D eigenvalue weighted by Crippen LogP contribution is -2.38. The van der Waals surface area contributed by atoms with E-state index in [9.17, 15) is 14.0 Å². The van der Waals surface area contributed by atoms with Crippen LogP contribution in [0.2, 0.25) is 0 Å². The van der Waals surface area contributed by atoms with Crippen molar-refractivity contribution in [3.63, 3.8) is 0 Å². The Kier molecular flexibility index (Phi) is 6.55. The van der Waals surface area contributed by atoms with E-state index in [1.807, 2.05) is 4.90 Å². The van der Waals surface area contributed by atoms with E-state index in [1.165, 1.54) is 24.3 Å². The maximum absolute atomic E-state index is 13.3. The van der Waals surface area contributed by atoms with Gasteiger partial charge in [0.1, 0.15) is 5.82 Å². The number of halogens is 1. The third-order valence-electron chi connectivity index (χ3n) is 5.87. The summed E-state index contributed by atoms with van der Waals surface area (Å²) < 4.78 is 19.0. The van der Waals surface area contributed by atoms with Crippen LogP contribution in [0, 0.1) is 5.82 Å². The molecule has 2 saturated heterocycles. The summed E-state index contributed by atoms with van der Waals surface area (Å²) in [6, 6.07) is 12.3. The number of benzene rings is 2. The van der Waals surface area contributed by atoms with Gasteiger partial charge in [0, 0.05) is 43.9 Å². The van der Waals surface area contributed by atoms with Crippen molar-refractivity contribution in [3.05, 3.63) is 71.0 Å². The average molecular weight is 410 g/mol. The fourth-order valence-electron chi connectivity index (χ4n) is 4.23. The normalized spacial score (nSPS) is 20.2. The van der Waals surface area contributed by atoms with Crippen LogP contribution < -0.4 is 0 Å². The Bertz CT molecular complexity index is 894. The monoisotopic (exact) mass is 410 g/mol. The second kappa shape index (κ2) is 9.49. The number of hydrogen-bond donors (Lipinski definition) is 0. The molecule has 2 aromatic carbocycles. The molecular formula is C24H27FN2O3. The molecule has 1 amide bonds. The summed E-state index contributed by atoms with van der Waals surface area (Å²) in [5.41, 5.74) is 1.13. The van der Waals surface area contributed by atoms with Crippen LogP contribution in [0.5, 0.6) is 0 Å². The van der Waals surface area contributed by atoms with E-state index in [1.54, 1.807) is 24.3 Å². The van der Waals surface area contributed by atoms with E-state index in [4.69, 9.17) is 4.74 Å². The largest absolute Gasteiger partial charge is 0.377 e. The number of carbonyl (C=O) groups excluding carboxylic acids is 2. The zero-order valence-corrected chi connectivity index (χ0v) is 17.1. The van der Waals surface area contributed by atoms with Crippen molar-refractivity contribution >= 4 is 11.7 Å². The number of ether oxygens (including phenoxy) is 1. The lowest BCUT2D eigenvalue weighted by molar-refractivity contribution is 0.0702. The highest BCUT2D eigenvalue weighted by Crippen LogP contribution is 2.19. The molecule has 0 spiro atoms. The van der Waals surface area contributed by atoms with Gasteiger partial charge < -0.3 is 9.64 Å². The zero-order valence-electron chi connectivity index (χ0n) is 17.1. The van der Waals surface area contributed by atoms with Gasteiger partial charge >= 0.3 is 0 Å². The molecule has 2 heterocycles.